The molecule has 82 valence electrons. The third-order valence-electron chi connectivity index (χ3n) is 1.69. The van der Waals surface area contributed by atoms with Crippen LogP contribution in [0, 0.1) is 0 Å². The summed E-state index contributed by atoms with van der Waals surface area (Å²) in [5.41, 5.74) is 0. The first-order valence-electron chi connectivity index (χ1n) is 5.23. The van der Waals surface area contributed by atoms with Crippen molar-refractivity contribution in [2.24, 2.45) is 0 Å². The van der Waals surface area contributed by atoms with Crippen molar-refractivity contribution in [3.63, 3.8) is 0 Å². The van der Waals surface area contributed by atoms with Crippen LogP contribution in [0.25, 0.3) is 0 Å². The Kier molecular flexibility index (Phi) is 10.3. The summed E-state index contributed by atoms with van der Waals surface area (Å²) >= 11 is 0.982. The number of Topliss-reactive ketones (excluding diaryl/α,β-unsaturated/α-hetero) is 1. The third kappa shape index (κ3) is 6.84. The summed E-state index contributed by atoms with van der Waals surface area (Å²) in [4.78, 5) is 14.0. The molecule has 0 radical (unpaired) electrons. The molecule has 0 rings (SSSR count). The summed E-state index contributed by atoms with van der Waals surface area (Å²) in [6, 6.07) is 0. The molecule has 0 aliphatic rings. The van der Waals surface area contributed by atoms with E-state index < -0.39 is 0 Å². The van der Waals surface area contributed by atoms with Gasteiger partial charge in [0.2, 0.25) is 0 Å². The fourth-order valence-corrected chi connectivity index (χ4v) is 4.73. The Morgan fingerprint density at radius 3 is 2.43 bits per heavy atom. The fourth-order valence-electron chi connectivity index (χ4n) is 0.955. The van der Waals surface area contributed by atoms with Crippen LogP contribution in [0.3, 0.4) is 0 Å². The van der Waals surface area contributed by atoms with Gasteiger partial charge in [-0.1, -0.05) is 0 Å². The van der Waals surface area contributed by atoms with Gasteiger partial charge in [0.1, 0.15) is 0 Å². The van der Waals surface area contributed by atoms with Crippen molar-refractivity contribution in [3.05, 3.63) is 9.45 Å². The van der Waals surface area contributed by atoms with Gasteiger partial charge in [-0.25, -0.2) is 0 Å². The van der Waals surface area contributed by atoms with Gasteiger partial charge in [0.25, 0.3) is 0 Å². The first-order valence-corrected chi connectivity index (χ1v) is 9.50. The second-order valence-corrected chi connectivity index (χ2v) is 8.04. The van der Waals surface area contributed by atoms with Gasteiger partial charge in [-0.05, 0) is 0 Å². The summed E-state index contributed by atoms with van der Waals surface area (Å²) in [7, 11) is 0. The standard InChI is InChI=1S/C11H20OSe2/c1-4-7-8-10(12)11(14-6-3)9-13-5-2/h9H,4-8H2,1-3H3/b11-9-. The molecule has 0 aromatic carbocycles. The predicted molar refractivity (Wildman–Crippen MR) is 65.1 cm³/mol. The van der Waals surface area contributed by atoms with Crippen LogP contribution in [0.15, 0.2) is 9.45 Å². The average molecular weight is 326 g/mol. The molecule has 0 heterocycles. The van der Waals surface area contributed by atoms with Crippen LogP contribution >= 0.6 is 0 Å². The van der Waals surface area contributed by atoms with Crippen LogP contribution < -0.4 is 0 Å². The minimum atomic E-state index is 0.420. The maximum absolute atomic E-state index is 11.8. The van der Waals surface area contributed by atoms with Gasteiger partial charge in [0.15, 0.2) is 0 Å². The molecule has 1 nitrogen and oxygen atoms in total. The molecular formula is C11H20OSe2. The van der Waals surface area contributed by atoms with E-state index in [4.69, 9.17) is 0 Å². The topological polar surface area (TPSA) is 17.1 Å². The Labute approximate surface area is 100 Å². The van der Waals surface area contributed by atoms with Crippen LogP contribution in [-0.2, 0) is 4.79 Å². The molecule has 3 heteroatoms. The monoisotopic (exact) mass is 328 g/mol. The molecule has 0 aromatic heterocycles. The Morgan fingerprint density at radius 2 is 1.93 bits per heavy atom. The summed E-state index contributed by atoms with van der Waals surface area (Å²) in [6.07, 6.45) is 2.94. The van der Waals surface area contributed by atoms with Crippen LogP contribution in [0.5, 0.6) is 0 Å². The summed E-state index contributed by atoms with van der Waals surface area (Å²) in [6.45, 7) is 6.49. The van der Waals surface area contributed by atoms with E-state index in [9.17, 15) is 4.79 Å². The zero-order valence-corrected chi connectivity index (χ0v) is 12.8. The van der Waals surface area contributed by atoms with Crippen molar-refractivity contribution >= 4 is 35.7 Å². The molecule has 0 fully saturated rings. The zero-order valence-electron chi connectivity index (χ0n) is 9.34. The molecule has 0 aromatic rings. The van der Waals surface area contributed by atoms with Crippen molar-refractivity contribution in [2.45, 2.75) is 50.7 Å². The second-order valence-electron chi connectivity index (χ2n) is 2.90. The third-order valence-corrected chi connectivity index (χ3v) is 5.97. The minimum absolute atomic E-state index is 0.420. The first kappa shape index (κ1) is 14.4. The van der Waals surface area contributed by atoms with Crippen LogP contribution in [0.1, 0.15) is 40.0 Å². The summed E-state index contributed by atoms with van der Waals surface area (Å²) < 4.78 is 1.16. The molecule has 0 amide bonds. The van der Waals surface area contributed by atoms with Gasteiger partial charge in [0, 0.05) is 0 Å². The van der Waals surface area contributed by atoms with Crippen molar-refractivity contribution in [2.75, 3.05) is 0 Å². The number of unbranched alkanes of at least 4 members (excludes halogenated alkanes) is 1. The van der Waals surface area contributed by atoms with Crippen molar-refractivity contribution in [3.8, 4) is 0 Å². The van der Waals surface area contributed by atoms with E-state index in [2.05, 4.69) is 25.7 Å². The van der Waals surface area contributed by atoms with Crippen LogP contribution in [-0.4, -0.2) is 35.7 Å². The molecule has 0 aliphatic heterocycles. The van der Waals surface area contributed by atoms with Gasteiger partial charge >= 0.3 is 101 Å². The number of carbonyl (C=O) groups is 1. The molecule has 14 heavy (non-hydrogen) atoms. The van der Waals surface area contributed by atoms with E-state index >= 15 is 0 Å². The van der Waals surface area contributed by atoms with Crippen molar-refractivity contribution < 1.29 is 4.79 Å². The molecular weight excluding hydrogens is 306 g/mol. The molecule has 0 spiro atoms. The molecule has 0 unspecified atom stereocenters. The normalized spacial score (nSPS) is 11.8. The van der Waals surface area contributed by atoms with Crippen molar-refractivity contribution in [1.82, 2.24) is 0 Å². The number of allylic oxidation sites excluding steroid dienone is 1. The van der Waals surface area contributed by atoms with E-state index in [1.807, 2.05) is 0 Å². The van der Waals surface area contributed by atoms with E-state index in [0.29, 0.717) is 35.7 Å². The van der Waals surface area contributed by atoms with Gasteiger partial charge in [-0.3, -0.25) is 0 Å². The number of hydrogen-bond acceptors (Lipinski definition) is 1. The van der Waals surface area contributed by atoms with E-state index in [0.717, 1.165) is 29.1 Å². The summed E-state index contributed by atoms with van der Waals surface area (Å²) in [5, 5.41) is 2.36. The number of hydrogen-bond donors (Lipinski definition) is 0. The SMILES string of the molecule is CCCCC(=O)/C(=C/[Se]CC)[Se]CC. The van der Waals surface area contributed by atoms with Gasteiger partial charge in [-0.2, -0.15) is 0 Å². The van der Waals surface area contributed by atoms with E-state index in [1.165, 1.54) is 5.32 Å². The first-order chi connectivity index (χ1) is 6.76. The Bertz CT molecular complexity index is 188. The average Bonchev–Trinajstić information content (AvgIpc) is 2.20. The molecule has 0 saturated heterocycles. The predicted octanol–water partition coefficient (Wildman–Crippen LogP) is 2.87. The zero-order chi connectivity index (χ0) is 10.8. The van der Waals surface area contributed by atoms with Gasteiger partial charge in [-0.15, -0.1) is 0 Å². The number of ketones is 1. The van der Waals surface area contributed by atoms with Crippen LogP contribution in [0.2, 0.25) is 10.6 Å². The van der Waals surface area contributed by atoms with Gasteiger partial charge < -0.3 is 0 Å². The fraction of sp³-hybridized carbons (Fsp3) is 0.727. The second kappa shape index (κ2) is 9.98. The number of carbonyl (C=O) groups excluding carboxylic acids is 1. The molecule has 0 saturated carbocycles. The molecule has 0 N–H and O–H groups in total. The molecule has 0 atom stereocenters. The number of rotatable bonds is 8. The van der Waals surface area contributed by atoms with E-state index in [-0.39, 0.29) is 0 Å². The Balaban J connectivity index is 4.10. The van der Waals surface area contributed by atoms with E-state index in [1.54, 1.807) is 0 Å². The molecule has 0 bridgehead atoms. The Morgan fingerprint density at radius 1 is 1.21 bits per heavy atom. The molecule has 0 aliphatic carbocycles. The quantitative estimate of drug-likeness (QED) is 0.495. The van der Waals surface area contributed by atoms with Gasteiger partial charge in [0.05, 0.1) is 0 Å². The Hall–Kier alpha value is 0.449. The van der Waals surface area contributed by atoms with Crippen molar-refractivity contribution in [1.29, 1.82) is 0 Å². The maximum atomic E-state index is 11.8. The summed E-state index contributed by atoms with van der Waals surface area (Å²) in [5.74, 6) is 0.420. The van der Waals surface area contributed by atoms with Crippen LogP contribution in [0.4, 0.5) is 0 Å².